The highest BCUT2D eigenvalue weighted by Crippen LogP contribution is 2.35. The number of sulfonamides is 1. The molecule has 2 fully saturated rings. The molecule has 3 heterocycles. The van der Waals surface area contributed by atoms with Gasteiger partial charge in [-0.15, -0.1) is 0 Å². The molecule has 0 radical (unpaired) electrons. The zero-order valence-corrected chi connectivity index (χ0v) is 28.2. The van der Waals surface area contributed by atoms with Gasteiger partial charge < -0.3 is 34.9 Å². The van der Waals surface area contributed by atoms with E-state index in [0.717, 1.165) is 24.9 Å². The topological polar surface area (TPSA) is 147 Å². The van der Waals surface area contributed by atoms with E-state index in [1.807, 2.05) is 63.1 Å². The Bertz CT molecular complexity index is 1550. The number of nitrogens with zero attached hydrogens (tertiary/aromatic N) is 2. The minimum Gasteiger partial charge on any atom is -0.443 e. The van der Waals surface area contributed by atoms with E-state index < -0.39 is 34.4 Å². The minimum absolute atomic E-state index is 0.00573. The highest BCUT2D eigenvalue weighted by Gasteiger charge is 2.44. The van der Waals surface area contributed by atoms with E-state index in [4.69, 9.17) is 14.2 Å². The van der Waals surface area contributed by atoms with Gasteiger partial charge in [0.1, 0.15) is 6.10 Å². The van der Waals surface area contributed by atoms with Crippen LogP contribution in [0.25, 0.3) is 5.57 Å². The van der Waals surface area contributed by atoms with Gasteiger partial charge in [0.2, 0.25) is 10.0 Å². The Morgan fingerprint density at radius 2 is 1.94 bits per heavy atom. The van der Waals surface area contributed by atoms with Gasteiger partial charge in [-0.25, -0.2) is 13.2 Å². The van der Waals surface area contributed by atoms with Gasteiger partial charge in [0.15, 0.2) is 6.29 Å². The fourth-order valence-corrected chi connectivity index (χ4v) is 7.93. The standard InChI is InChI=1S/C34H46N4O8S/c1-5-14-37(4)19-27-26-17-24(11-12-28(26)35-32(27)40)47(42,43)38(18-22(2)3)20-30(39)29(16-23-9-7-6-8-10-23)36-34(41)46-31-21-45-33-25(31)13-15-44-33/h6-12,17,19,22,25,29-31,33,39H,5,13-16,18,20-21H2,1-4H3,(H,35,40)(H,36,41)/b27-19-/t25?,29-,30+,31-,33?/m0/s1. The molecule has 0 bridgehead atoms. The number of fused-ring (bicyclic) bond motifs is 2. The summed E-state index contributed by atoms with van der Waals surface area (Å²) in [5, 5.41) is 17.2. The van der Waals surface area contributed by atoms with Crippen molar-refractivity contribution in [3.8, 4) is 0 Å². The highest BCUT2D eigenvalue weighted by atomic mass is 32.2. The largest absolute Gasteiger partial charge is 0.443 e. The van der Waals surface area contributed by atoms with Gasteiger partial charge in [0, 0.05) is 44.1 Å². The van der Waals surface area contributed by atoms with Crippen LogP contribution in [0, 0.1) is 11.8 Å². The van der Waals surface area contributed by atoms with E-state index in [-0.39, 0.29) is 55.0 Å². The molecule has 2 unspecified atom stereocenters. The number of amides is 2. The van der Waals surface area contributed by atoms with Gasteiger partial charge in [0.25, 0.3) is 5.91 Å². The van der Waals surface area contributed by atoms with E-state index in [1.165, 1.54) is 16.4 Å². The first-order valence-corrected chi connectivity index (χ1v) is 17.7. The summed E-state index contributed by atoms with van der Waals surface area (Å²) in [7, 11) is -2.27. The van der Waals surface area contributed by atoms with Crippen LogP contribution in [0.4, 0.5) is 10.5 Å². The van der Waals surface area contributed by atoms with Crippen LogP contribution in [0.5, 0.6) is 0 Å². The van der Waals surface area contributed by atoms with Crippen molar-refractivity contribution in [1.82, 2.24) is 14.5 Å². The van der Waals surface area contributed by atoms with Crippen molar-refractivity contribution in [2.45, 2.75) is 69.5 Å². The number of ether oxygens (including phenoxy) is 3. The average Bonchev–Trinajstić information content (AvgIpc) is 3.72. The van der Waals surface area contributed by atoms with Crippen LogP contribution in [-0.2, 0) is 35.4 Å². The maximum absolute atomic E-state index is 14.2. The van der Waals surface area contributed by atoms with Crippen molar-refractivity contribution in [2.75, 3.05) is 45.2 Å². The first-order chi connectivity index (χ1) is 22.5. The lowest BCUT2D eigenvalue weighted by molar-refractivity contribution is -0.110. The summed E-state index contributed by atoms with van der Waals surface area (Å²) in [4.78, 5) is 27.8. The lowest BCUT2D eigenvalue weighted by Gasteiger charge is -2.31. The summed E-state index contributed by atoms with van der Waals surface area (Å²) in [6.07, 6.45) is 0.727. The Morgan fingerprint density at radius 3 is 2.66 bits per heavy atom. The molecule has 0 saturated carbocycles. The van der Waals surface area contributed by atoms with Crippen molar-refractivity contribution < 1.29 is 37.3 Å². The third-order valence-corrected chi connectivity index (χ3v) is 10.4. The van der Waals surface area contributed by atoms with Gasteiger partial charge in [0.05, 0.1) is 41.7 Å². The smallest absolute Gasteiger partial charge is 0.407 e. The molecule has 12 nitrogen and oxygen atoms in total. The highest BCUT2D eigenvalue weighted by molar-refractivity contribution is 7.89. The maximum atomic E-state index is 14.2. The second-order valence-corrected chi connectivity index (χ2v) is 14.8. The molecular weight excluding hydrogens is 624 g/mol. The summed E-state index contributed by atoms with van der Waals surface area (Å²) >= 11 is 0. The number of anilines is 1. The van der Waals surface area contributed by atoms with Crippen LogP contribution in [-0.4, -0.2) is 99.2 Å². The van der Waals surface area contributed by atoms with Crippen LogP contribution in [0.3, 0.4) is 0 Å². The molecule has 0 aliphatic carbocycles. The van der Waals surface area contributed by atoms with E-state index in [0.29, 0.717) is 23.4 Å². The van der Waals surface area contributed by atoms with Crippen LogP contribution in [0.1, 0.15) is 44.7 Å². The van der Waals surface area contributed by atoms with Crippen LogP contribution in [0.2, 0.25) is 0 Å². The molecule has 3 aliphatic heterocycles. The molecule has 5 atom stereocenters. The van der Waals surface area contributed by atoms with Crippen molar-refractivity contribution in [2.24, 2.45) is 11.8 Å². The van der Waals surface area contributed by atoms with Gasteiger partial charge in [-0.05, 0) is 48.9 Å². The Hall–Kier alpha value is -3.49. The molecule has 0 spiro atoms. The van der Waals surface area contributed by atoms with E-state index in [1.54, 1.807) is 12.3 Å². The molecule has 0 aromatic heterocycles. The number of benzene rings is 2. The van der Waals surface area contributed by atoms with Gasteiger partial charge in [-0.2, -0.15) is 4.31 Å². The first kappa shape index (κ1) is 34.8. The average molecular weight is 671 g/mol. The van der Waals surface area contributed by atoms with Gasteiger partial charge in [-0.1, -0.05) is 51.1 Å². The lowest BCUT2D eigenvalue weighted by atomic mass is 10.0. The van der Waals surface area contributed by atoms with Crippen molar-refractivity contribution in [1.29, 1.82) is 0 Å². The number of hydrogen-bond donors (Lipinski definition) is 3. The molecule has 2 amide bonds. The van der Waals surface area contributed by atoms with Gasteiger partial charge in [-0.3, -0.25) is 4.79 Å². The third kappa shape index (κ3) is 8.33. The maximum Gasteiger partial charge on any atom is 0.407 e. The molecule has 13 heteroatoms. The number of carbonyl (C=O) groups is 2. The summed E-state index contributed by atoms with van der Waals surface area (Å²) in [6.45, 7) is 7.17. The van der Waals surface area contributed by atoms with Crippen molar-refractivity contribution in [3.05, 3.63) is 65.9 Å². The summed E-state index contributed by atoms with van der Waals surface area (Å²) < 4.78 is 46.5. The molecular formula is C34H46N4O8S. The fraction of sp³-hybridized carbons (Fsp3) is 0.529. The second-order valence-electron chi connectivity index (χ2n) is 12.9. The van der Waals surface area contributed by atoms with E-state index in [2.05, 4.69) is 10.6 Å². The predicted octanol–water partition coefficient (Wildman–Crippen LogP) is 3.43. The normalized spacial score (nSPS) is 22.7. The predicted molar refractivity (Wildman–Crippen MR) is 177 cm³/mol. The Labute approximate surface area is 277 Å². The van der Waals surface area contributed by atoms with Crippen molar-refractivity contribution in [3.63, 3.8) is 0 Å². The van der Waals surface area contributed by atoms with E-state index >= 15 is 0 Å². The van der Waals surface area contributed by atoms with E-state index in [9.17, 15) is 23.1 Å². The third-order valence-electron chi connectivity index (χ3n) is 8.61. The fourth-order valence-electron chi connectivity index (χ4n) is 6.28. The summed E-state index contributed by atoms with van der Waals surface area (Å²) in [5.41, 5.74) is 2.28. The van der Waals surface area contributed by atoms with Crippen LogP contribution < -0.4 is 10.6 Å². The molecule has 5 rings (SSSR count). The molecule has 2 saturated heterocycles. The quantitative estimate of drug-likeness (QED) is 0.257. The summed E-state index contributed by atoms with van der Waals surface area (Å²) in [6, 6.07) is 13.1. The first-order valence-electron chi connectivity index (χ1n) is 16.3. The molecule has 3 N–H and O–H groups in total. The molecule has 2 aromatic carbocycles. The number of nitrogens with one attached hydrogen (secondary N) is 2. The number of alkyl carbamates (subject to hydrolysis) is 1. The monoisotopic (exact) mass is 670 g/mol. The lowest BCUT2D eigenvalue weighted by Crippen LogP contribution is -2.51. The number of aliphatic hydroxyl groups excluding tert-OH is 1. The zero-order valence-electron chi connectivity index (χ0n) is 27.4. The molecule has 2 aromatic rings. The Balaban J connectivity index is 1.37. The van der Waals surface area contributed by atoms with Crippen LogP contribution in [0.15, 0.2) is 59.6 Å². The second kappa shape index (κ2) is 15.2. The van der Waals surface area contributed by atoms with Crippen molar-refractivity contribution >= 4 is 33.3 Å². The SMILES string of the molecule is CCCN(C)/C=C1\C(=O)Nc2ccc(S(=O)(=O)N(CC(C)C)C[C@@H](O)[C@H](Cc3ccccc3)NC(=O)O[C@H]3COC4OCCC43)cc21. The van der Waals surface area contributed by atoms with Crippen LogP contribution >= 0.6 is 0 Å². The number of rotatable bonds is 14. The zero-order chi connectivity index (χ0) is 33.7. The molecule has 47 heavy (non-hydrogen) atoms. The molecule has 3 aliphatic rings. The minimum atomic E-state index is -4.14. The number of aliphatic hydroxyl groups is 1. The summed E-state index contributed by atoms with van der Waals surface area (Å²) in [5.74, 6) is -0.416. The Morgan fingerprint density at radius 1 is 1.17 bits per heavy atom. The number of hydrogen-bond acceptors (Lipinski definition) is 9. The van der Waals surface area contributed by atoms with Gasteiger partial charge >= 0.3 is 6.09 Å². The molecule has 256 valence electrons. The number of carbonyl (C=O) groups excluding carboxylic acids is 2. The Kier molecular flexibility index (Phi) is 11.2.